The van der Waals surface area contributed by atoms with Crippen molar-refractivity contribution in [1.82, 2.24) is 14.9 Å². The maximum atomic E-state index is 11.8. The average Bonchev–Trinajstić information content (AvgIpc) is 3.13. The van der Waals surface area contributed by atoms with Gasteiger partial charge in [0, 0.05) is 19.1 Å². The Labute approximate surface area is 129 Å². The fraction of sp³-hybridized carbons (Fsp3) is 0.615. The van der Waals surface area contributed by atoms with Crippen LogP contribution >= 0.6 is 11.3 Å². The second kappa shape index (κ2) is 7.35. The molecule has 0 atom stereocenters. The van der Waals surface area contributed by atoms with E-state index in [1.54, 1.807) is 11.4 Å². The van der Waals surface area contributed by atoms with Crippen LogP contribution in [-0.2, 0) is 14.8 Å². The van der Waals surface area contributed by atoms with E-state index in [0.29, 0.717) is 12.6 Å². The molecule has 118 valence electrons. The fourth-order valence-corrected chi connectivity index (χ4v) is 4.11. The number of amides is 1. The van der Waals surface area contributed by atoms with E-state index in [-0.39, 0.29) is 16.7 Å². The van der Waals surface area contributed by atoms with Crippen molar-refractivity contribution in [3.05, 3.63) is 17.5 Å². The summed E-state index contributed by atoms with van der Waals surface area (Å²) >= 11 is 1.13. The monoisotopic (exact) mass is 331 g/mol. The van der Waals surface area contributed by atoms with Crippen molar-refractivity contribution in [2.24, 2.45) is 0 Å². The summed E-state index contributed by atoms with van der Waals surface area (Å²) in [6.45, 7) is 4.21. The van der Waals surface area contributed by atoms with Crippen LogP contribution < -0.4 is 10.0 Å². The number of carbonyl (C=O) groups excluding carboxylic acids is 1. The highest BCUT2D eigenvalue weighted by Crippen LogP contribution is 2.25. The highest BCUT2D eigenvalue weighted by atomic mass is 32.2. The van der Waals surface area contributed by atoms with E-state index in [9.17, 15) is 13.2 Å². The molecule has 2 N–H and O–H groups in total. The number of nitrogens with zero attached hydrogens (tertiary/aromatic N) is 1. The number of hydrogen-bond donors (Lipinski definition) is 2. The summed E-state index contributed by atoms with van der Waals surface area (Å²) < 4.78 is 26.2. The molecule has 8 heteroatoms. The number of sulfonamides is 1. The third-order valence-corrected chi connectivity index (χ3v) is 6.17. The molecule has 0 spiro atoms. The largest absolute Gasteiger partial charge is 0.354 e. The van der Waals surface area contributed by atoms with Gasteiger partial charge in [-0.05, 0) is 30.8 Å². The molecular weight excluding hydrogens is 310 g/mol. The van der Waals surface area contributed by atoms with Crippen LogP contribution in [0.4, 0.5) is 0 Å². The van der Waals surface area contributed by atoms with Crippen LogP contribution in [-0.4, -0.2) is 51.4 Å². The first-order chi connectivity index (χ1) is 10.0. The van der Waals surface area contributed by atoms with Crippen molar-refractivity contribution in [2.75, 3.05) is 26.2 Å². The van der Waals surface area contributed by atoms with Crippen molar-refractivity contribution in [1.29, 1.82) is 0 Å². The summed E-state index contributed by atoms with van der Waals surface area (Å²) in [5.41, 5.74) is 0. The van der Waals surface area contributed by atoms with Crippen molar-refractivity contribution in [2.45, 2.75) is 30.0 Å². The molecule has 0 bridgehead atoms. The Morgan fingerprint density at radius 3 is 2.81 bits per heavy atom. The van der Waals surface area contributed by atoms with Gasteiger partial charge in [0.05, 0.1) is 6.54 Å². The topological polar surface area (TPSA) is 78.5 Å². The van der Waals surface area contributed by atoms with E-state index in [4.69, 9.17) is 0 Å². The van der Waals surface area contributed by atoms with Crippen molar-refractivity contribution in [3.8, 4) is 0 Å². The predicted molar refractivity (Wildman–Crippen MR) is 82.8 cm³/mol. The molecule has 0 saturated heterocycles. The minimum absolute atomic E-state index is 0.223. The maximum absolute atomic E-state index is 11.8. The first-order valence-corrected chi connectivity index (χ1v) is 9.43. The Morgan fingerprint density at radius 2 is 2.24 bits per heavy atom. The van der Waals surface area contributed by atoms with Crippen LogP contribution in [0.2, 0.25) is 0 Å². The summed E-state index contributed by atoms with van der Waals surface area (Å²) in [5, 5.41) is 4.43. The van der Waals surface area contributed by atoms with Gasteiger partial charge in [-0.15, -0.1) is 11.3 Å². The molecule has 2 rings (SSSR count). The Kier molecular flexibility index (Phi) is 5.74. The van der Waals surface area contributed by atoms with Crippen molar-refractivity contribution in [3.63, 3.8) is 0 Å². The van der Waals surface area contributed by atoms with Gasteiger partial charge in [-0.2, -0.15) is 0 Å². The zero-order valence-electron chi connectivity index (χ0n) is 12.0. The highest BCUT2D eigenvalue weighted by Gasteiger charge is 2.27. The predicted octanol–water partition coefficient (Wildman–Crippen LogP) is 0.627. The van der Waals surface area contributed by atoms with Crippen molar-refractivity contribution < 1.29 is 13.2 Å². The molecule has 1 amide bonds. The summed E-state index contributed by atoms with van der Waals surface area (Å²) in [7, 11) is -3.56. The average molecular weight is 331 g/mol. The van der Waals surface area contributed by atoms with Gasteiger partial charge in [-0.3, -0.25) is 9.69 Å². The van der Waals surface area contributed by atoms with Crippen LogP contribution in [0, 0.1) is 0 Å². The summed E-state index contributed by atoms with van der Waals surface area (Å²) in [4.78, 5) is 14.0. The lowest BCUT2D eigenvalue weighted by Gasteiger charge is -2.19. The molecule has 1 aliphatic rings. The lowest BCUT2D eigenvalue weighted by molar-refractivity contribution is -0.120. The van der Waals surface area contributed by atoms with Crippen LogP contribution in [0.25, 0.3) is 0 Å². The number of thiophene rings is 1. The fourth-order valence-electron chi connectivity index (χ4n) is 2.09. The molecule has 1 fully saturated rings. The normalized spacial score (nSPS) is 15.3. The second-order valence-corrected chi connectivity index (χ2v) is 7.91. The van der Waals surface area contributed by atoms with Gasteiger partial charge in [-0.1, -0.05) is 13.0 Å². The first-order valence-electron chi connectivity index (χ1n) is 7.07. The molecule has 21 heavy (non-hydrogen) atoms. The molecule has 6 nitrogen and oxygen atoms in total. The van der Waals surface area contributed by atoms with Crippen LogP contribution in [0.5, 0.6) is 0 Å². The van der Waals surface area contributed by atoms with E-state index in [1.807, 2.05) is 0 Å². The molecule has 0 aromatic carbocycles. The number of carbonyl (C=O) groups is 1. The van der Waals surface area contributed by atoms with E-state index >= 15 is 0 Å². The number of rotatable bonds is 9. The van der Waals surface area contributed by atoms with Crippen LogP contribution in [0.1, 0.15) is 19.8 Å². The van der Waals surface area contributed by atoms with Gasteiger partial charge in [0.15, 0.2) is 0 Å². The second-order valence-electron chi connectivity index (χ2n) is 4.97. The highest BCUT2D eigenvalue weighted by molar-refractivity contribution is 7.91. The third kappa shape index (κ3) is 5.06. The zero-order valence-corrected chi connectivity index (χ0v) is 13.7. The maximum Gasteiger partial charge on any atom is 0.250 e. The lowest BCUT2D eigenvalue weighted by atomic mass is 10.4. The molecule has 1 saturated carbocycles. The number of hydrogen-bond acceptors (Lipinski definition) is 5. The lowest BCUT2D eigenvalue weighted by Crippen LogP contribution is -2.40. The Bertz CT molecular complexity index is 553. The standard InChI is InChI=1S/C13H21N3O3S2/c1-2-16(11-5-6-11)8-7-14-12(17)10-15-21(18,19)13-4-3-9-20-13/h3-4,9,11,15H,2,5-8,10H2,1H3,(H,14,17). The third-order valence-electron chi connectivity index (χ3n) is 3.37. The Hall–Kier alpha value is -0.960. The van der Waals surface area contributed by atoms with Crippen LogP contribution in [0.3, 0.4) is 0 Å². The van der Waals surface area contributed by atoms with Crippen molar-refractivity contribution >= 4 is 27.3 Å². The van der Waals surface area contributed by atoms with E-state index in [1.165, 1.54) is 18.9 Å². The van der Waals surface area contributed by atoms with Gasteiger partial charge < -0.3 is 5.32 Å². The Morgan fingerprint density at radius 1 is 1.48 bits per heavy atom. The molecular formula is C13H21N3O3S2. The van der Waals surface area contributed by atoms with Gasteiger partial charge in [-0.25, -0.2) is 13.1 Å². The first kappa shape index (κ1) is 16.4. The molecule has 0 aliphatic heterocycles. The minimum atomic E-state index is -3.56. The molecule has 1 heterocycles. The summed E-state index contributed by atoms with van der Waals surface area (Å²) in [6, 6.07) is 3.85. The van der Waals surface area contributed by atoms with Gasteiger partial charge in [0.1, 0.15) is 4.21 Å². The molecule has 0 radical (unpaired) electrons. The van der Waals surface area contributed by atoms with E-state index in [2.05, 4.69) is 21.9 Å². The van der Waals surface area contributed by atoms with E-state index in [0.717, 1.165) is 24.4 Å². The Balaban J connectivity index is 1.67. The quantitative estimate of drug-likeness (QED) is 0.696. The molecule has 1 aromatic rings. The smallest absolute Gasteiger partial charge is 0.250 e. The zero-order chi connectivity index (χ0) is 15.3. The molecule has 1 aliphatic carbocycles. The minimum Gasteiger partial charge on any atom is -0.354 e. The van der Waals surface area contributed by atoms with Gasteiger partial charge in [0.2, 0.25) is 5.91 Å². The van der Waals surface area contributed by atoms with Gasteiger partial charge >= 0.3 is 0 Å². The summed E-state index contributed by atoms with van der Waals surface area (Å²) in [6.07, 6.45) is 2.48. The molecule has 0 unspecified atom stereocenters. The van der Waals surface area contributed by atoms with Crippen LogP contribution in [0.15, 0.2) is 21.7 Å². The number of nitrogens with one attached hydrogen (secondary N) is 2. The SMILES string of the molecule is CCN(CCNC(=O)CNS(=O)(=O)c1cccs1)C1CC1. The molecule has 1 aromatic heterocycles. The van der Waals surface area contributed by atoms with E-state index < -0.39 is 10.0 Å². The summed E-state index contributed by atoms with van der Waals surface area (Å²) in [5.74, 6) is -0.304. The van der Waals surface area contributed by atoms with Gasteiger partial charge in [0.25, 0.3) is 10.0 Å². The number of likely N-dealkylation sites (N-methyl/N-ethyl adjacent to an activating group) is 1.